The van der Waals surface area contributed by atoms with Gasteiger partial charge in [-0.05, 0) is 32.1 Å². The number of hydrogen-bond donors (Lipinski definition) is 0. The molecule has 2 nitrogen and oxygen atoms in total. The molecular formula is C12H18N2. The highest BCUT2D eigenvalue weighted by atomic mass is 15.1. The lowest BCUT2D eigenvalue weighted by Gasteiger charge is -2.21. The third-order valence-corrected chi connectivity index (χ3v) is 3.66. The van der Waals surface area contributed by atoms with Gasteiger partial charge in [-0.3, -0.25) is 0 Å². The summed E-state index contributed by atoms with van der Waals surface area (Å²) in [4.78, 5) is 4.81. The molecule has 0 aromatic carbocycles. The van der Waals surface area contributed by atoms with Crippen molar-refractivity contribution in [2.24, 2.45) is 5.92 Å². The van der Waals surface area contributed by atoms with E-state index < -0.39 is 0 Å². The van der Waals surface area contributed by atoms with Crippen LogP contribution in [0.2, 0.25) is 0 Å². The van der Waals surface area contributed by atoms with Crippen LogP contribution in [0.3, 0.4) is 0 Å². The molecule has 1 atom stereocenters. The van der Waals surface area contributed by atoms with Crippen LogP contribution in [-0.2, 0) is 13.0 Å². The Morgan fingerprint density at radius 2 is 2.07 bits per heavy atom. The summed E-state index contributed by atoms with van der Waals surface area (Å²) in [6, 6.07) is 0. The lowest BCUT2D eigenvalue weighted by molar-refractivity contribution is 0.389. The zero-order valence-corrected chi connectivity index (χ0v) is 9.08. The van der Waals surface area contributed by atoms with Gasteiger partial charge in [0.05, 0.1) is 5.69 Å². The second-order valence-electron chi connectivity index (χ2n) is 5.03. The van der Waals surface area contributed by atoms with Gasteiger partial charge in [-0.1, -0.05) is 6.92 Å². The van der Waals surface area contributed by atoms with E-state index in [9.17, 15) is 0 Å². The maximum absolute atomic E-state index is 4.81. The molecule has 2 heterocycles. The average molecular weight is 190 g/mol. The van der Waals surface area contributed by atoms with Crippen molar-refractivity contribution >= 4 is 0 Å². The van der Waals surface area contributed by atoms with Crippen LogP contribution in [0.15, 0.2) is 0 Å². The van der Waals surface area contributed by atoms with E-state index in [4.69, 9.17) is 4.98 Å². The standard InChI is InChI=1S/C12H18N2/c1-8-3-6-11-13-12(10-4-5-10)9(2)14(11)7-8/h8,10H,3-7H2,1-2H3. The zero-order valence-electron chi connectivity index (χ0n) is 9.08. The van der Waals surface area contributed by atoms with E-state index in [1.165, 1.54) is 49.4 Å². The molecule has 0 radical (unpaired) electrons. The Bertz CT molecular complexity index is 361. The van der Waals surface area contributed by atoms with Gasteiger partial charge in [0.25, 0.3) is 0 Å². The van der Waals surface area contributed by atoms with Crippen molar-refractivity contribution in [3.05, 3.63) is 17.2 Å². The highest BCUT2D eigenvalue weighted by Gasteiger charge is 2.31. The summed E-state index contributed by atoms with van der Waals surface area (Å²) in [7, 11) is 0. The van der Waals surface area contributed by atoms with Gasteiger partial charge in [0.2, 0.25) is 0 Å². The van der Waals surface area contributed by atoms with Gasteiger partial charge in [-0.25, -0.2) is 4.98 Å². The molecule has 1 unspecified atom stereocenters. The van der Waals surface area contributed by atoms with Crippen molar-refractivity contribution in [3.63, 3.8) is 0 Å². The van der Waals surface area contributed by atoms with Gasteiger partial charge in [-0.2, -0.15) is 0 Å². The molecule has 2 heteroatoms. The Balaban J connectivity index is 2.02. The van der Waals surface area contributed by atoms with Gasteiger partial charge < -0.3 is 4.57 Å². The third-order valence-electron chi connectivity index (χ3n) is 3.66. The SMILES string of the molecule is Cc1c(C2CC2)nc2n1CC(C)CC2. The highest BCUT2D eigenvalue weighted by Crippen LogP contribution is 2.41. The Morgan fingerprint density at radius 1 is 1.29 bits per heavy atom. The maximum Gasteiger partial charge on any atom is 0.109 e. The molecule has 1 aromatic rings. The fourth-order valence-corrected chi connectivity index (χ4v) is 2.57. The number of hydrogen-bond acceptors (Lipinski definition) is 1. The van der Waals surface area contributed by atoms with E-state index in [-0.39, 0.29) is 0 Å². The predicted octanol–water partition coefficient (Wildman–Crippen LogP) is 2.65. The van der Waals surface area contributed by atoms with Crippen LogP contribution in [-0.4, -0.2) is 9.55 Å². The molecule has 76 valence electrons. The van der Waals surface area contributed by atoms with Gasteiger partial charge in [0.15, 0.2) is 0 Å². The molecule has 2 aliphatic rings. The van der Waals surface area contributed by atoms with Crippen molar-refractivity contribution in [3.8, 4) is 0 Å². The van der Waals surface area contributed by atoms with E-state index >= 15 is 0 Å². The molecule has 14 heavy (non-hydrogen) atoms. The Labute approximate surface area is 85.3 Å². The number of rotatable bonds is 1. The number of aryl methyl sites for hydroxylation is 1. The van der Waals surface area contributed by atoms with Crippen LogP contribution in [0.4, 0.5) is 0 Å². The molecule has 1 aliphatic carbocycles. The first-order valence-corrected chi connectivity index (χ1v) is 5.81. The van der Waals surface area contributed by atoms with E-state index in [0.717, 1.165) is 11.8 Å². The molecule has 1 saturated carbocycles. The zero-order chi connectivity index (χ0) is 9.71. The number of nitrogens with zero attached hydrogens (tertiary/aromatic N) is 2. The number of aromatic nitrogens is 2. The van der Waals surface area contributed by atoms with Crippen LogP contribution in [0.5, 0.6) is 0 Å². The molecular weight excluding hydrogens is 172 g/mol. The molecule has 0 amide bonds. The van der Waals surface area contributed by atoms with Crippen LogP contribution >= 0.6 is 0 Å². The minimum Gasteiger partial charge on any atom is -0.332 e. The van der Waals surface area contributed by atoms with E-state index in [0.29, 0.717) is 0 Å². The minimum absolute atomic E-state index is 0.809. The summed E-state index contributed by atoms with van der Waals surface area (Å²) in [6.45, 7) is 5.79. The Kier molecular flexibility index (Phi) is 1.73. The van der Waals surface area contributed by atoms with E-state index in [2.05, 4.69) is 18.4 Å². The minimum atomic E-state index is 0.809. The second kappa shape index (κ2) is 2.85. The first-order chi connectivity index (χ1) is 6.75. The number of fused-ring (bicyclic) bond motifs is 1. The maximum atomic E-state index is 4.81. The number of imidazole rings is 1. The summed E-state index contributed by atoms with van der Waals surface area (Å²) in [6.07, 6.45) is 5.25. The Hall–Kier alpha value is -0.790. The fourth-order valence-electron chi connectivity index (χ4n) is 2.57. The van der Waals surface area contributed by atoms with Gasteiger partial charge in [-0.15, -0.1) is 0 Å². The van der Waals surface area contributed by atoms with Gasteiger partial charge >= 0.3 is 0 Å². The first kappa shape index (κ1) is 8.51. The van der Waals surface area contributed by atoms with Crippen LogP contribution in [0.25, 0.3) is 0 Å². The van der Waals surface area contributed by atoms with Crippen molar-refractivity contribution in [1.29, 1.82) is 0 Å². The Morgan fingerprint density at radius 3 is 2.79 bits per heavy atom. The van der Waals surface area contributed by atoms with E-state index in [1.807, 2.05) is 0 Å². The molecule has 0 N–H and O–H groups in total. The molecule has 0 saturated heterocycles. The predicted molar refractivity (Wildman–Crippen MR) is 56.4 cm³/mol. The topological polar surface area (TPSA) is 17.8 Å². The fraction of sp³-hybridized carbons (Fsp3) is 0.750. The smallest absolute Gasteiger partial charge is 0.109 e. The van der Waals surface area contributed by atoms with Crippen molar-refractivity contribution in [2.75, 3.05) is 0 Å². The largest absolute Gasteiger partial charge is 0.332 e. The van der Waals surface area contributed by atoms with Crippen molar-refractivity contribution in [2.45, 2.75) is 52.0 Å². The molecule has 1 aromatic heterocycles. The normalized spacial score (nSPS) is 26.3. The average Bonchev–Trinajstić information content (AvgIpc) is 2.95. The van der Waals surface area contributed by atoms with Crippen LogP contribution in [0.1, 0.15) is 49.3 Å². The lowest BCUT2D eigenvalue weighted by Crippen LogP contribution is -2.18. The molecule has 1 aliphatic heterocycles. The molecule has 0 bridgehead atoms. The third kappa shape index (κ3) is 1.20. The van der Waals surface area contributed by atoms with Crippen molar-refractivity contribution in [1.82, 2.24) is 9.55 Å². The quantitative estimate of drug-likeness (QED) is 0.665. The summed E-state index contributed by atoms with van der Waals surface area (Å²) >= 11 is 0. The molecule has 3 rings (SSSR count). The summed E-state index contributed by atoms with van der Waals surface area (Å²) in [5.41, 5.74) is 2.86. The summed E-state index contributed by atoms with van der Waals surface area (Å²) in [5, 5.41) is 0. The van der Waals surface area contributed by atoms with Crippen molar-refractivity contribution < 1.29 is 0 Å². The molecule has 1 fully saturated rings. The first-order valence-electron chi connectivity index (χ1n) is 5.81. The van der Waals surface area contributed by atoms with Crippen LogP contribution < -0.4 is 0 Å². The summed E-state index contributed by atoms with van der Waals surface area (Å²) < 4.78 is 2.46. The summed E-state index contributed by atoms with van der Waals surface area (Å²) in [5.74, 6) is 2.99. The molecule has 0 spiro atoms. The second-order valence-corrected chi connectivity index (χ2v) is 5.03. The van der Waals surface area contributed by atoms with E-state index in [1.54, 1.807) is 0 Å². The lowest BCUT2D eigenvalue weighted by atomic mass is 10.0. The van der Waals surface area contributed by atoms with Crippen LogP contribution in [0, 0.1) is 12.8 Å². The van der Waals surface area contributed by atoms with Gasteiger partial charge in [0, 0.05) is 24.6 Å². The highest BCUT2D eigenvalue weighted by molar-refractivity contribution is 5.24. The van der Waals surface area contributed by atoms with Gasteiger partial charge in [0.1, 0.15) is 5.82 Å². The monoisotopic (exact) mass is 190 g/mol.